The monoisotopic (exact) mass is 495 g/mol. The summed E-state index contributed by atoms with van der Waals surface area (Å²) in [7, 11) is -1.25. The molecule has 1 aliphatic rings. The van der Waals surface area contributed by atoms with Crippen LogP contribution in [0.3, 0.4) is 0 Å². The molecular weight excluding hydrogens is 466 g/mol. The van der Waals surface area contributed by atoms with Crippen molar-refractivity contribution < 1.29 is 17.9 Å². The van der Waals surface area contributed by atoms with E-state index in [4.69, 9.17) is 9.47 Å². The average Bonchev–Trinajstić information content (AvgIpc) is 3.21. The summed E-state index contributed by atoms with van der Waals surface area (Å²) in [6.45, 7) is 4.51. The minimum Gasteiger partial charge on any atom is -0.493 e. The van der Waals surface area contributed by atoms with Crippen LogP contribution in [-0.4, -0.2) is 73.1 Å². The Balaban J connectivity index is 1.28. The van der Waals surface area contributed by atoms with Gasteiger partial charge in [-0.25, -0.2) is 18.4 Å². The Hall–Kier alpha value is -3.37. The first-order chi connectivity index (χ1) is 16.9. The molecule has 35 heavy (non-hydrogen) atoms. The van der Waals surface area contributed by atoms with Crippen LogP contribution in [0.5, 0.6) is 11.5 Å². The number of ether oxygens (including phenoxy) is 2. The maximum absolute atomic E-state index is 11.6. The molecule has 1 aliphatic heterocycles. The highest BCUT2D eigenvalue weighted by atomic mass is 32.2. The smallest absolute Gasteiger partial charge is 0.163 e. The number of hydrogen-bond donors (Lipinski definition) is 2. The first kappa shape index (κ1) is 23.4. The standard InChI is InChI=1S/C25H29N5O4S/c1-17-12-18-13-19(4-5-21(18)28-17)29-25-20-14-23(33-2)24(15-22(20)26-16-27-25)34-9-3-6-30-7-10-35(31,32)11-8-30/h4-5,12-16,28H,3,6-11H2,1-2H3,(H,26,27,29). The molecule has 1 saturated heterocycles. The largest absolute Gasteiger partial charge is 0.493 e. The topological polar surface area (TPSA) is 109 Å². The molecule has 2 aromatic carbocycles. The van der Waals surface area contributed by atoms with Gasteiger partial charge in [-0.1, -0.05) is 0 Å². The van der Waals surface area contributed by atoms with Crippen LogP contribution < -0.4 is 14.8 Å². The normalized spacial score (nSPS) is 15.9. The number of hydrogen-bond acceptors (Lipinski definition) is 8. The first-order valence-electron chi connectivity index (χ1n) is 11.6. The molecule has 0 aliphatic carbocycles. The number of H-pyrrole nitrogens is 1. The van der Waals surface area contributed by atoms with Crippen molar-refractivity contribution in [1.29, 1.82) is 0 Å². The molecule has 4 aromatic rings. The second-order valence-electron chi connectivity index (χ2n) is 8.82. The van der Waals surface area contributed by atoms with E-state index in [0.717, 1.165) is 46.2 Å². The number of nitrogens with one attached hydrogen (secondary N) is 2. The Morgan fingerprint density at radius 1 is 1.09 bits per heavy atom. The number of aromatic amines is 1. The lowest BCUT2D eigenvalue weighted by molar-refractivity contribution is 0.240. The number of methoxy groups -OCH3 is 1. The van der Waals surface area contributed by atoms with Gasteiger partial charge in [0.05, 0.1) is 30.7 Å². The maximum Gasteiger partial charge on any atom is 0.163 e. The molecule has 2 aromatic heterocycles. The number of nitrogens with zero attached hydrogens (tertiary/aromatic N) is 3. The van der Waals surface area contributed by atoms with Crippen LogP contribution in [0.4, 0.5) is 11.5 Å². The molecule has 5 rings (SSSR count). The van der Waals surface area contributed by atoms with E-state index in [1.807, 2.05) is 31.2 Å². The summed E-state index contributed by atoms with van der Waals surface area (Å²) in [4.78, 5) is 14.4. The van der Waals surface area contributed by atoms with Crippen LogP contribution >= 0.6 is 0 Å². The summed E-state index contributed by atoms with van der Waals surface area (Å²) in [5.74, 6) is 2.39. The van der Waals surface area contributed by atoms with Gasteiger partial charge in [-0.2, -0.15) is 0 Å². The number of fused-ring (bicyclic) bond motifs is 2. The van der Waals surface area contributed by atoms with Gasteiger partial charge in [0.2, 0.25) is 0 Å². The predicted molar refractivity (Wildman–Crippen MR) is 138 cm³/mol. The number of benzene rings is 2. The molecule has 1 fully saturated rings. The van der Waals surface area contributed by atoms with Gasteiger partial charge in [0.25, 0.3) is 0 Å². The lowest BCUT2D eigenvalue weighted by Crippen LogP contribution is -2.40. The van der Waals surface area contributed by atoms with Crippen LogP contribution in [0.2, 0.25) is 0 Å². The van der Waals surface area contributed by atoms with Crippen molar-refractivity contribution in [2.45, 2.75) is 13.3 Å². The van der Waals surface area contributed by atoms with Gasteiger partial charge in [0, 0.05) is 53.4 Å². The fourth-order valence-electron chi connectivity index (χ4n) is 4.37. The Bertz CT molecular complexity index is 1450. The summed E-state index contributed by atoms with van der Waals surface area (Å²) in [5.41, 5.74) is 3.89. The van der Waals surface area contributed by atoms with Crippen molar-refractivity contribution in [1.82, 2.24) is 19.9 Å². The predicted octanol–water partition coefficient (Wildman–Crippen LogP) is 3.67. The summed E-state index contributed by atoms with van der Waals surface area (Å²) >= 11 is 0. The van der Waals surface area contributed by atoms with Crippen molar-refractivity contribution >= 4 is 43.1 Å². The second-order valence-corrected chi connectivity index (χ2v) is 11.1. The minimum atomic E-state index is -2.86. The van der Waals surface area contributed by atoms with Crippen molar-refractivity contribution in [2.24, 2.45) is 0 Å². The maximum atomic E-state index is 11.6. The summed E-state index contributed by atoms with van der Waals surface area (Å²) in [6, 6.07) is 12.0. The van der Waals surface area contributed by atoms with Gasteiger partial charge in [0.1, 0.15) is 12.1 Å². The van der Waals surface area contributed by atoms with Crippen LogP contribution in [0, 0.1) is 6.92 Å². The molecule has 0 bridgehead atoms. The van der Waals surface area contributed by atoms with E-state index in [1.165, 1.54) is 6.33 Å². The molecule has 9 nitrogen and oxygen atoms in total. The Labute approximate surface area is 204 Å². The molecule has 0 spiro atoms. The molecule has 3 heterocycles. The van der Waals surface area contributed by atoms with Crippen LogP contribution in [0.1, 0.15) is 12.1 Å². The first-order valence-corrected chi connectivity index (χ1v) is 13.5. The third kappa shape index (κ3) is 5.33. The fourth-order valence-corrected chi connectivity index (χ4v) is 5.65. The minimum absolute atomic E-state index is 0.237. The quantitative estimate of drug-likeness (QED) is 0.357. The molecule has 0 radical (unpaired) electrons. The van der Waals surface area contributed by atoms with Gasteiger partial charge < -0.3 is 24.7 Å². The molecule has 2 N–H and O–H groups in total. The molecule has 10 heteroatoms. The Kier molecular flexibility index (Phi) is 6.48. The zero-order valence-corrected chi connectivity index (χ0v) is 20.7. The SMILES string of the molecule is COc1cc2c(Nc3ccc4[nH]c(C)cc4c3)ncnc2cc1OCCCN1CCS(=O)(=O)CC1. The second kappa shape index (κ2) is 9.71. The van der Waals surface area contributed by atoms with Crippen molar-refractivity contribution in [2.75, 3.05) is 50.2 Å². The number of aryl methyl sites for hydroxylation is 1. The fraction of sp³-hybridized carbons (Fsp3) is 0.360. The Morgan fingerprint density at radius 3 is 2.71 bits per heavy atom. The van der Waals surface area contributed by atoms with Crippen molar-refractivity contribution in [3.63, 3.8) is 0 Å². The highest BCUT2D eigenvalue weighted by Crippen LogP contribution is 2.35. The van der Waals surface area contributed by atoms with E-state index < -0.39 is 9.84 Å². The van der Waals surface area contributed by atoms with Crippen molar-refractivity contribution in [3.8, 4) is 11.5 Å². The molecular formula is C25H29N5O4S. The summed E-state index contributed by atoms with van der Waals surface area (Å²) < 4.78 is 34.8. The highest BCUT2D eigenvalue weighted by molar-refractivity contribution is 7.91. The lowest BCUT2D eigenvalue weighted by atomic mass is 10.2. The van der Waals surface area contributed by atoms with E-state index in [1.54, 1.807) is 7.11 Å². The summed E-state index contributed by atoms with van der Waals surface area (Å²) in [5, 5.41) is 5.36. The van der Waals surface area contributed by atoms with Crippen LogP contribution in [-0.2, 0) is 9.84 Å². The molecule has 0 atom stereocenters. The molecule has 0 saturated carbocycles. The van der Waals surface area contributed by atoms with E-state index in [-0.39, 0.29) is 11.5 Å². The van der Waals surface area contributed by atoms with Gasteiger partial charge in [-0.05, 0) is 43.7 Å². The van der Waals surface area contributed by atoms with Gasteiger partial charge >= 0.3 is 0 Å². The molecule has 184 valence electrons. The van der Waals surface area contributed by atoms with E-state index in [9.17, 15) is 8.42 Å². The highest BCUT2D eigenvalue weighted by Gasteiger charge is 2.21. The molecule has 0 unspecified atom stereocenters. The van der Waals surface area contributed by atoms with Gasteiger partial charge in [-0.3, -0.25) is 0 Å². The average molecular weight is 496 g/mol. The number of sulfone groups is 1. The third-order valence-electron chi connectivity index (χ3n) is 6.25. The van der Waals surface area contributed by atoms with Gasteiger partial charge in [0.15, 0.2) is 21.3 Å². The van der Waals surface area contributed by atoms with E-state index >= 15 is 0 Å². The van der Waals surface area contributed by atoms with Crippen molar-refractivity contribution in [3.05, 3.63) is 48.4 Å². The molecule has 0 amide bonds. The van der Waals surface area contributed by atoms with E-state index in [2.05, 4.69) is 37.3 Å². The zero-order chi connectivity index (χ0) is 24.4. The number of rotatable bonds is 8. The van der Waals surface area contributed by atoms with Gasteiger partial charge in [-0.15, -0.1) is 0 Å². The van der Waals surface area contributed by atoms with Crippen LogP contribution in [0.15, 0.2) is 42.7 Å². The lowest BCUT2D eigenvalue weighted by Gasteiger charge is -2.26. The number of aromatic nitrogens is 3. The zero-order valence-electron chi connectivity index (χ0n) is 19.9. The van der Waals surface area contributed by atoms with E-state index in [0.29, 0.717) is 37.0 Å². The number of anilines is 2. The third-order valence-corrected chi connectivity index (χ3v) is 7.86. The summed E-state index contributed by atoms with van der Waals surface area (Å²) in [6.07, 6.45) is 2.32. The Morgan fingerprint density at radius 2 is 1.91 bits per heavy atom. The van der Waals surface area contributed by atoms with Crippen LogP contribution in [0.25, 0.3) is 21.8 Å².